The Morgan fingerprint density at radius 3 is 2.43 bits per heavy atom. The third-order valence-electron chi connectivity index (χ3n) is 5.22. The van der Waals surface area contributed by atoms with Crippen molar-refractivity contribution >= 4 is 28.9 Å². The number of rotatable bonds is 5. The Balaban J connectivity index is 0.00000280. The third kappa shape index (κ3) is 4.64. The SMILES string of the molecule is COC1CCC2C(=O)/C(=N\OC(=O)C[n+]3ccc(N(C)C)cc3)C(=O)C2C1.[Br-]. The summed E-state index contributed by atoms with van der Waals surface area (Å²) in [6.45, 7) is -0.0640. The molecule has 1 aromatic heterocycles. The van der Waals surface area contributed by atoms with Crippen LogP contribution in [0.3, 0.4) is 0 Å². The van der Waals surface area contributed by atoms with Gasteiger partial charge in [-0.15, -0.1) is 0 Å². The lowest BCUT2D eigenvalue weighted by Crippen LogP contribution is -3.00. The van der Waals surface area contributed by atoms with E-state index < -0.39 is 11.9 Å². The Hall–Kier alpha value is -2.13. The molecule has 0 saturated heterocycles. The van der Waals surface area contributed by atoms with Gasteiger partial charge in [0.05, 0.1) is 6.10 Å². The topological polar surface area (TPSA) is 89.2 Å². The molecule has 2 fully saturated rings. The maximum Gasteiger partial charge on any atom is 0.399 e. The maximum absolute atomic E-state index is 12.5. The molecule has 2 aliphatic rings. The van der Waals surface area contributed by atoms with Gasteiger partial charge in [0.15, 0.2) is 29.7 Å². The van der Waals surface area contributed by atoms with Gasteiger partial charge in [0.1, 0.15) is 0 Å². The van der Waals surface area contributed by atoms with Gasteiger partial charge in [-0.2, -0.15) is 4.57 Å². The van der Waals surface area contributed by atoms with E-state index in [-0.39, 0.29) is 52.8 Å². The van der Waals surface area contributed by atoms with Crippen molar-refractivity contribution in [3.05, 3.63) is 24.5 Å². The summed E-state index contributed by atoms with van der Waals surface area (Å²) in [6.07, 6.45) is 5.31. The van der Waals surface area contributed by atoms with Crippen LogP contribution in [0.5, 0.6) is 0 Å². The van der Waals surface area contributed by atoms with Crippen LogP contribution < -0.4 is 26.4 Å². The summed E-state index contributed by atoms with van der Waals surface area (Å²) >= 11 is 0. The number of anilines is 1. The number of hydrogen-bond donors (Lipinski definition) is 0. The number of ether oxygens (including phenoxy) is 1. The van der Waals surface area contributed by atoms with Crippen LogP contribution in [0.15, 0.2) is 29.7 Å². The molecule has 0 amide bonds. The fraction of sp³-hybridized carbons (Fsp3) is 0.526. The van der Waals surface area contributed by atoms with Crippen molar-refractivity contribution in [3.8, 4) is 0 Å². The molecule has 3 rings (SSSR count). The maximum atomic E-state index is 12.5. The van der Waals surface area contributed by atoms with Crippen LogP contribution in [0.2, 0.25) is 0 Å². The van der Waals surface area contributed by atoms with E-state index in [1.807, 2.05) is 31.1 Å². The Morgan fingerprint density at radius 1 is 1.18 bits per heavy atom. The molecular formula is C19H24BrN3O5. The van der Waals surface area contributed by atoms with Crippen LogP contribution in [-0.2, 0) is 30.5 Å². The molecule has 0 radical (unpaired) electrons. The van der Waals surface area contributed by atoms with Gasteiger partial charge < -0.3 is 31.5 Å². The molecule has 0 N–H and O–H groups in total. The van der Waals surface area contributed by atoms with Gasteiger partial charge in [0, 0.05) is 50.9 Å². The van der Waals surface area contributed by atoms with Crippen molar-refractivity contribution in [3.63, 3.8) is 0 Å². The normalized spacial score (nSPS) is 25.2. The van der Waals surface area contributed by atoms with Gasteiger partial charge in [-0.3, -0.25) is 9.59 Å². The number of carbonyl (C=O) groups excluding carboxylic acids is 3. The summed E-state index contributed by atoms with van der Waals surface area (Å²) in [5.41, 5.74) is 0.752. The zero-order chi connectivity index (χ0) is 19.6. The fourth-order valence-corrected chi connectivity index (χ4v) is 3.64. The lowest BCUT2D eigenvalue weighted by atomic mass is 9.79. The third-order valence-corrected chi connectivity index (χ3v) is 5.22. The second-order valence-electron chi connectivity index (χ2n) is 7.14. The Morgan fingerprint density at radius 2 is 1.82 bits per heavy atom. The molecule has 3 atom stereocenters. The lowest BCUT2D eigenvalue weighted by Gasteiger charge is -2.28. The number of halogens is 1. The number of pyridine rings is 1. The first-order valence-corrected chi connectivity index (χ1v) is 8.96. The fourth-order valence-electron chi connectivity index (χ4n) is 3.64. The molecule has 2 aliphatic carbocycles. The van der Waals surface area contributed by atoms with Crippen LogP contribution in [-0.4, -0.2) is 50.6 Å². The van der Waals surface area contributed by atoms with E-state index in [1.165, 1.54) is 0 Å². The summed E-state index contributed by atoms with van der Waals surface area (Å²) in [6, 6.07) is 3.72. The van der Waals surface area contributed by atoms with Crippen molar-refractivity contribution in [1.29, 1.82) is 0 Å². The van der Waals surface area contributed by atoms with E-state index >= 15 is 0 Å². The molecule has 0 aliphatic heterocycles. The molecule has 3 unspecified atom stereocenters. The molecule has 1 heterocycles. The van der Waals surface area contributed by atoms with E-state index in [2.05, 4.69) is 5.16 Å². The Kier molecular flexibility index (Phi) is 7.42. The summed E-state index contributed by atoms with van der Waals surface area (Å²) in [4.78, 5) is 43.7. The average molecular weight is 454 g/mol. The highest BCUT2D eigenvalue weighted by Gasteiger charge is 2.50. The largest absolute Gasteiger partial charge is 1.00 e. The summed E-state index contributed by atoms with van der Waals surface area (Å²) in [5, 5.41) is 3.61. The number of oxime groups is 1. The number of fused-ring (bicyclic) bond motifs is 1. The lowest BCUT2D eigenvalue weighted by molar-refractivity contribution is -0.685. The van der Waals surface area contributed by atoms with Crippen LogP contribution >= 0.6 is 0 Å². The van der Waals surface area contributed by atoms with E-state index in [0.29, 0.717) is 12.8 Å². The second kappa shape index (κ2) is 9.38. The first-order valence-electron chi connectivity index (χ1n) is 8.96. The van der Waals surface area contributed by atoms with Crippen molar-refractivity contribution < 1.29 is 45.5 Å². The van der Waals surface area contributed by atoms with E-state index in [9.17, 15) is 14.4 Å². The number of aromatic nitrogens is 1. The van der Waals surface area contributed by atoms with Crippen LogP contribution in [0.1, 0.15) is 19.3 Å². The molecule has 1 aromatic rings. The standard InChI is InChI=1S/C19H24N3O5.BrH/c1-21(2)12-6-8-22(9-7-12)11-16(23)27-20-17-18(24)14-5-4-13(26-3)10-15(14)19(17)25;/h6-9,13-15H,4-5,10-11H2,1-3H3;1H/q+1;/p-1/b20-17+;. The summed E-state index contributed by atoms with van der Waals surface area (Å²) in [5.74, 6) is -2.09. The van der Waals surface area contributed by atoms with Crippen LogP contribution in [0, 0.1) is 11.8 Å². The van der Waals surface area contributed by atoms with Gasteiger partial charge in [-0.1, -0.05) is 5.16 Å². The molecule has 0 bridgehead atoms. The number of ketones is 2. The predicted molar refractivity (Wildman–Crippen MR) is 96.1 cm³/mol. The first-order chi connectivity index (χ1) is 12.9. The monoisotopic (exact) mass is 453 g/mol. The summed E-state index contributed by atoms with van der Waals surface area (Å²) in [7, 11) is 5.45. The molecule has 152 valence electrons. The zero-order valence-electron chi connectivity index (χ0n) is 16.1. The molecule has 9 heteroatoms. The van der Waals surface area contributed by atoms with Crippen LogP contribution in [0.25, 0.3) is 0 Å². The Labute approximate surface area is 174 Å². The van der Waals surface area contributed by atoms with Gasteiger partial charge in [0.25, 0.3) is 0 Å². The van der Waals surface area contributed by atoms with Crippen molar-refractivity contribution in [1.82, 2.24) is 0 Å². The van der Waals surface area contributed by atoms with Gasteiger partial charge in [-0.05, 0) is 19.3 Å². The summed E-state index contributed by atoms with van der Waals surface area (Å²) < 4.78 is 6.95. The Bertz CT molecular complexity index is 778. The quantitative estimate of drug-likeness (QED) is 0.278. The first kappa shape index (κ1) is 22.2. The number of Topliss-reactive ketones (excluding diaryl/α,β-unsaturated/α-hetero) is 2. The second-order valence-corrected chi connectivity index (χ2v) is 7.14. The molecule has 0 spiro atoms. The van der Waals surface area contributed by atoms with Crippen LogP contribution in [0.4, 0.5) is 5.69 Å². The van der Waals surface area contributed by atoms with Gasteiger partial charge in [0.2, 0.25) is 6.54 Å². The number of carbonyl (C=O) groups is 3. The molecule has 28 heavy (non-hydrogen) atoms. The number of hydrogen-bond acceptors (Lipinski definition) is 7. The number of methoxy groups -OCH3 is 1. The molecular weight excluding hydrogens is 430 g/mol. The average Bonchev–Trinajstić information content (AvgIpc) is 2.90. The van der Waals surface area contributed by atoms with E-state index in [0.717, 1.165) is 12.1 Å². The minimum Gasteiger partial charge on any atom is -1.00 e. The molecule has 2 saturated carbocycles. The minimum atomic E-state index is -0.643. The van der Waals surface area contributed by atoms with Crippen molar-refractivity contribution in [2.24, 2.45) is 17.0 Å². The minimum absolute atomic E-state index is 0. The van der Waals surface area contributed by atoms with Crippen molar-refractivity contribution in [2.45, 2.75) is 31.9 Å². The van der Waals surface area contributed by atoms with Gasteiger partial charge in [-0.25, -0.2) is 4.79 Å². The molecule has 8 nitrogen and oxygen atoms in total. The van der Waals surface area contributed by atoms with Gasteiger partial charge >= 0.3 is 5.97 Å². The highest BCUT2D eigenvalue weighted by atomic mass is 79.9. The zero-order valence-corrected chi connectivity index (χ0v) is 17.7. The van der Waals surface area contributed by atoms with E-state index in [4.69, 9.17) is 9.57 Å². The smallest absolute Gasteiger partial charge is 0.399 e. The number of nitrogens with zero attached hydrogens (tertiary/aromatic N) is 3. The predicted octanol–water partition coefficient (Wildman–Crippen LogP) is -2.47. The van der Waals surface area contributed by atoms with E-state index in [1.54, 1.807) is 24.1 Å². The molecule has 0 aromatic carbocycles. The van der Waals surface area contributed by atoms with Crippen molar-refractivity contribution in [2.75, 3.05) is 26.1 Å². The highest BCUT2D eigenvalue weighted by Crippen LogP contribution is 2.38. The highest BCUT2D eigenvalue weighted by molar-refractivity contribution is 6.70.